The molecule has 7 nitrogen and oxygen atoms in total. The number of aromatic amines is 1. The Bertz CT molecular complexity index is 937. The first-order chi connectivity index (χ1) is 11.2. The second-order valence-electron chi connectivity index (χ2n) is 5.39. The van der Waals surface area contributed by atoms with Crippen LogP contribution < -0.4 is 5.32 Å². The fourth-order valence-electron chi connectivity index (χ4n) is 2.87. The maximum Gasteiger partial charge on any atom is 0.352 e. The minimum absolute atomic E-state index is 0.114. The molecule has 3 heterocycles. The van der Waals surface area contributed by atoms with E-state index in [1.807, 2.05) is 37.4 Å². The van der Waals surface area contributed by atoms with Crippen molar-refractivity contribution in [1.29, 1.82) is 0 Å². The number of fused-ring (bicyclic) bond motifs is 2. The highest BCUT2D eigenvalue weighted by Gasteiger charge is 2.28. The van der Waals surface area contributed by atoms with Gasteiger partial charge in [-0.15, -0.1) is 0 Å². The zero-order valence-corrected chi connectivity index (χ0v) is 12.4. The molecule has 1 aromatic carbocycles. The molecule has 1 atom stereocenters. The largest absolute Gasteiger partial charge is 0.477 e. The minimum atomic E-state index is -1.01. The minimum Gasteiger partial charge on any atom is -0.477 e. The first-order valence-corrected chi connectivity index (χ1v) is 7.41. The molecule has 23 heavy (non-hydrogen) atoms. The molecule has 1 unspecified atom stereocenters. The highest BCUT2D eigenvalue weighted by atomic mass is 16.4. The van der Waals surface area contributed by atoms with Crippen LogP contribution in [-0.4, -0.2) is 30.8 Å². The summed E-state index contributed by atoms with van der Waals surface area (Å²) in [7, 11) is 0. The predicted molar refractivity (Wildman–Crippen MR) is 85.2 cm³/mol. The molecule has 0 fully saturated rings. The van der Waals surface area contributed by atoms with Crippen LogP contribution in [0.3, 0.4) is 0 Å². The lowest BCUT2D eigenvalue weighted by Crippen LogP contribution is -2.24. The van der Waals surface area contributed by atoms with Gasteiger partial charge >= 0.3 is 5.97 Å². The third kappa shape index (κ3) is 2.09. The summed E-state index contributed by atoms with van der Waals surface area (Å²) in [5.41, 5.74) is 2.08. The van der Waals surface area contributed by atoms with Gasteiger partial charge in [0.1, 0.15) is 11.7 Å². The van der Waals surface area contributed by atoms with Crippen molar-refractivity contribution >= 4 is 22.8 Å². The number of aromatic nitrogens is 4. The Labute approximate surface area is 131 Å². The Hall–Kier alpha value is -3.09. The van der Waals surface area contributed by atoms with E-state index in [4.69, 9.17) is 0 Å². The number of allylic oxidation sites excluding steroid dienone is 1. The molecule has 0 saturated carbocycles. The van der Waals surface area contributed by atoms with Gasteiger partial charge in [-0.1, -0.05) is 25.1 Å². The van der Waals surface area contributed by atoms with Crippen LogP contribution in [0.2, 0.25) is 0 Å². The highest BCUT2D eigenvalue weighted by Crippen LogP contribution is 2.33. The molecule has 3 aromatic rings. The van der Waals surface area contributed by atoms with Crippen molar-refractivity contribution in [3.8, 4) is 0 Å². The number of H-pyrrole nitrogens is 1. The number of carbonyl (C=O) groups is 1. The number of para-hydroxylation sites is 1. The van der Waals surface area contributed by atoms with E-state index in [1.54, 1.807) is 10.8 Å². The van der Waals surface area contributed by atoms with Crippen LogP contribution >= 0.6 is 0 Å². The van der Waals surface area contributed by atoms with Gasteiger partial charge in [0.2, 0.25) is 5.95 Å². The van der Waals surface area contributed by atoms with Crippen LogP contribution in [0.15, 0.2) is 42.2 Å². The summed E-state index contributed by atoms with van der Waals surface area (Å²) < 4.78 is 1.74. The summed E-state index contributed by atoms with van der Waals surface area (Å²) in [6.45, 7) is 1.97. The number of hydrogen-bond acceptors (Lipinski definition) is 4. The van der Waals surface area contributed by atoms with E-state index >= 15 is 0 Å². The molecule has 1 aliphatic heterocycles. The predicted octanol–water partition coefficient (Wildman–Crippen LogP) is 2.31. The van der Waals surface area contributed by atoms with E-state index in [9.17, 15) is 9.90 Å². The second-order valence-corrected chi connectivity index (χ2v) is 5.39. The van der Waals surface area contributed by atoms with E-state index < -0.39 is 5.97 Å². The lowest BCUT2D eigenvalue weighted by atomic mass is 10.0. The molecule has 0 saturated heterocycles. The number of nitrogens with zero attached hydrogens (tertiary/aromatic N) is 3. The summed E-state index contributed by atoms with van der Waals surface area (Å²) in [5, 5.41) is 17.7. The van der Waals surface area contributed by atoms with E-state index in [2.05, 4.69) is 20.4 Å². The smallest absolute Gasteiger partial charge is 0.352 e. The van der Waals surface area contributed by atoms with Gasteiger partial charge in [0.15, 0.2) is 5.82 Å². The van der Waals surface area contributed by atoms with Gasteiger partial charge in [0.05, 0.1) is 0 Å². The highest BCUT2D eigenvalue weighted by molar-refractivity contribution is 5.91. The van der Waals surface area contributed by atoms with Crippen LogP contribution in [0.25, 0.3) is 10.9 Å². The third-order valence-electron chi connectivity index (χ3n) is 4.00. The summed E-state index contributed by atoms with van der Waals surface area (Å²) >= 11 is 0. The van der Waals surface area contributed by atoms with Gasteiger partial charge in [-0.05, 0) is 12.1 Å². The Balaban J connectivity index is 1.92. The number of aryl methyl sites for hydroxylation is 1. The quantitative estimate of drug-likeness (QED) is 0.690. The van der Waals surface area contributed by atoms with Gasteiger partial charge in [0.25, 0.3) is 0 Å². The average Bonchev–Trinajstić information content (AvgIpc) is 3.17. The number of anilines is 1. The van der Waals surface area contributed by atoms with E-state index in [0.29, 0.717) is 18.2 Å². The monoisotopic (exact) mass is 309 g/mol. The molecular weight excluding hydrogens is 294 g/mol. The van der Waals surface area contributed by atoms with Gasteiger partial charge in [-0.25, -0.2) is 9.48 Å². The number of nitrogens with one attached hydrogen (secondary N) is 2. The molecular formula is C16H15N5O2. The molecule has 0 aliphatic carbocycles. The fourth-order valence-corrected chi connectivity index (χ4v) is 2.87. The number of aliphatic carboxylic acids is 1. The van der Waals surface area contributed by atoms with Gasteiger partial charge in [-0.2, -0.15) is 10.1 Å². The first-order valence-electron chi connectivity index (χ1n) is 7.41. The van der Waals surface area contributed by atoms with Crippen LogP contribution in [-0.2, 0) is 11.2 Å². The summed E-state index contributed by atoms with van der Waals surface area (Å²) in [5.74, 6) is 0.122. The normalized spacial score (nSPS) is 16.7. The van der Waals surface area contributed by atoms with Crippen LogP contribution in [0.4, 0.5) is 5.95 Å². The lowest BCUT2D eigenvalue weighted by Gasteiger charge is -2.21. The van der Waals surface area contributed by atoms with Crippen molar-refractivity contribution in [3.63, 3.8) is 0 Å². The number of carboxylic acid groups (broad SMARTS) is 1. The van der Waals surface area contributed by atoms with E-state index in [1.165, 1.54) is 0 Å². The number of rotatable bonds is 3. The molecule has 3 N–H and O–H groups in total. The number of hydrogen-bond donors (Lipinski definition) is 3. The van der Waals surface area contributed by atoms with Crippen molar-refractivity contribution in [2.75, 3.05) is 5.32 Å². The second kappa shape index (κ2) is 4.98. The lowest BCUT2D eigenvalue weighted by molar-refractivity contribution is -0.132. The molecule has 0 radical (unpaired) electrons. The van der Waals surface area contributed by atoms with E-state index in [-0.39, 0.29) is 11.7 Å². The Morgan fingerprint density at radius 1 is 1.39 bits per heavy atom. The molecule has 4 rings (SSSR count). The van der Waals surface area contributed by atoms with Crippen molar-refractivity contribution in [3.05, 3.63) is 53.6 Å². The summed E-state index contributed by atoms with van der Waals surface area (Å²) in [4.78, 5) is 19.0. The molecule has 0 bridgehead atoms. The first kappa shape index (κ1) is 13.6. The van der Waals surface area contributed by atoms with Crippen LogP contribution in [0.5, 0.6) is 0 Å². The van der Waals surface area contributed by atoms with Crippen LogP contribution in [0.1, 0.15) is 24.4 Å². The molecule has 0 spiro atoms. The zero-order chi connectivity index (χ0) is 16.0. The fraction of sp³-hybridized carbons (Fsp3) is 0.188. The summed E-state index contributed by atoms with van der Waals surface area (Å²) in [6, 6.07) is 7.60. The molecule has 116 valence electrons. The number of carboxylic acids is 1. The maximum absolute atomic E-state index is 11.4. The molecule has 2 aromatic heterocycles. The van der Waals surface area contributed by atoms with Crippen molar-refractivity contribution in [1.82, 2.24) is 19.7 Å². The van der Waals surface area contributed by atoms with Gasteiger partial charge < -0.3 is 15.4 Å². The Morgan fingerprint density at radius 3 is 3.00 bits per heavy atom. The molecule has 7 heteroatoms. The van der Waals surface area contributed by atoms with Crippen molar-refractivity contribution < 1.29 is 9.90 Å². The number of benzene rings is 1. The maximum atomic E-state index is 11.4. The van der Waals surface area contributed by atoms with Crippen molar-refractivity contribution in [2.45, 2.75) is 19.4 Å². The van der Waals surface area contributed by atoms with E-state index in [0.717, 1.165) is 16.5 Å². The Kier molecular flexibility index (Phi) is 2.94. The van der Waals surface area contributed by atoms with Gasteiger partial charge in [0, 0.05) is 29.1 Å². The average molecular weight is 309 g/mol. The summed E-state index contributed by atoms with van der Waals surface area (Å²) in [6.07, 6.45) is 4.25. The van der Waals surface area contributed by atoms with Crippen LogP contribution in [0, 0.1) is 0 Å². The standard InChI is InChI=1S/C16H15N5O2/c1-2-14-19-16-18-12(15(22)23)7-13(21(16)20-14)10-8-17-11-6-4-3-5-9(10)11/h3-8,13,17H,2H2,1H3,(H,22,23)(H,18,19,20). The van der Waals surface area contributed by atoms with Crippen molar-refractivity contribution in [2.24, 2.45) is 0 Å². The Morgan fingerprint density at radius 2 is 2.22 bits per heavy atom. The zero-order valence-electron chi connectivity index (χ0n) is 12.4. The molecule has 0 amide bonds. The third-order valence-corrected chi connectivity index (χ3v) is 4.00. The van der Waals surface area contributed by atoms with Gasteiger partial charge in [-0.3, -0.25) is 0 Å². The topological polar surface area (TPSA) is 95.8 Å². The SMILES string of the molecule is CCc1nc2n(n1)C(c1c[nH]c3ccccc13)C=C(C(=O)O)N2. The molecule has 1 aliphatic rings.